The zero-order chi connectivity index (χ0) is 19.6. The van der Waals surface area contributed by atoms with Crippen molar-refractivity contribution in [2.75, 3.05) is 31.6 Å². The Morgan fingerprint density at radius 3 is 2.26 bits per heavy atom. The summed E-state index contributed by atoms with van der Waals surface area (Å²) >= 11 is 0. The molecule has 7 heteroatoms. The van der Waals surface area contributed by atoms with Crippen LogP contribution < -0.4 is 5.32 Å². The topological polar surface area (TPSA) is 75.7 Å². The van der Waals surface area contributed by atoms with E-state index in [1.54, 1.807) is 19.1 Å². The van der Waals surface area contributed by atoms with Gasteiger partial charge in [-0.25, -0.2) is 8.42 Å². The van der Waals surface area contributed by atoms with Crippen molar-refractivity contribution in [2.45, 2.75) is 25.7 Å². The molecule has 3 rings (SSSR count). The molecule has 1 heterocycles. The highest BCUT2D eigenvalue weighted by molar-refractivity contribution is 7.89. The van der Waals surface area contributed by atoms with E-state index in [1.165, 1.54) is 10.4 Å². The summed E-state index contributed by atoms with van der Waals surface area (Å²) < 4.78 is 32.6. The van der Waals surface area contributed by atoms with Gasteiger partial charge in [-0.3, -0.25) is 4.79 Å². The highest BCUT2D eigenvalue weighted by atomic mass is 32.2. The first-order chi connectivity index (χ1) is 12.8. The zero-order valence-electron chi connectivity index (χ0n) is 15.8. The minimum absolute atomic E-state index is 0.211. The van der Waals surface area contributed by atoms with E-state index in [0.717, 1.165) is 11.1 Å². The molecule has 27 heavy (non-hydrogen) atoms. The second-order valence-electron chi connectivity index (χ2n) is 6.83. The summed E-state index contributed by atoms with van der Waals surface area (Å²) in [6.07, 6.45) is 0. The van der Waals surface area contributed by atoms with E-state index >= 15 is 0 Å². The molecule has 1 fully saturated rings. The van der Waals surface area contributed by atoms with Gasteiger partial charge in [0.1, 0.15) is 0 Å². The van der Waals surface area contributed by atoms with Gasteiger partial charge in [-0.05, 0) is 50.6 Å². The quantitative estimate of drug-likeness (QED) is 0.874. The fourth-order valence-electron chi connectivity index (χ4n) is 3.19. The maximum absolute atomic E-state index is 13.0. The van der Waals surface area contributed by atoms with Crippen LogP contribution in [0.25, 0.3) is 0 Å². The van der Waals surface area contributed by atoms with Crippen molar-refractivity contribution >= 4 is 21.6 Å². The van der Waals surface area contributed by atoms with Crippen molar-refractivity contribution < 1.29 is 17.9 Å². The van der Waals surface area contributed by atoms with Gasteiger partial charge in [-0.1, -0.05) is 23.3 Å². The van der Waals surface area contributed by atoms with Gasteiger partial charge in [-0.15, -0.1) is 0 Å². The fourth-order valence-corrected chi connectivity index (χ4v) is 4.85. The number of anilines is 1. The summed E-state index contributed by atoms with van der Waals surface area (Å²) in [7, 11) is -3.63. The summed E-state index contributed by atoms with van der Waals surface area (Å²) in [5.74, 6) is -0.264. The molecular weight excluding hydrogens is 364 g/mol. The van der Waals surface area contributed by atoms with Gasteiger partial charge in [-0.2, -0.15) is 4.31 Å². The van der Waals surface area contributed by atoms with Crippen LogP contribution in [0.1, 0.15) is 27.0 Å². The molecule has 0 radical (unpaired) electrons. The molecular formula is C20H24N2O4S. The molecule has 2 aromatic rings. The number of carbonyl (C=O) groups excluding carboxylic acids is 1. The molecule has 0 aliphatic carbocycles. The van der Waals surface area contributed by atoms with Gasteiger partial charge in [0, 0.05) is 24.3 Å². The predicted molar refractivity (Wildman–Crippen MR) is 105 cm³/mol. The van der Waals surface area contributed by atoms with E-state index < -0.39 is 10.0 Å². The Balaban J connectivity index is 1.87. The summed E-state index contributed by atoms with van der Waals surface area (Å²) in [4.78, 5) is 12.8. The van der Waals surface area contributed by atoms with Crippen molar-refractivity contribution in [3.63, 3.8) is 0 Å². The Kier molecular flexibility index (Phi) is 5.64. The molecule has 1 amide bonds. The number of nitrogens with one attached hydrogen (secondary N) is 1. The third-order valence-corrected chi connectivity index (χ3v) is 6.56. The average molecular weight is 388 g/mol. The van der Waals surface area contributed by atoms with E-state index in [0.29, 0.717) is 43.1 Å². The standard InChI is InChI=1S/C20H24N2O4S/c1-14-10-15(2)12-17(11-14)20(23)21-18-5-4-16(3)19(13-18)27(24,25)22-6-8-26-9-7-22/h4-5,10-13H,6-9H2,1-3H3,(H,21,23). The van der Waals surface area contributed by atoms with Gasteiger partial charge < -0.3 is 10.1 Å². The van der Waals surface area contributed by atoms with E-state index in [1.807, 2.05) is 32.0 Å². The second-order valence-corrected chi connectivity index (χ2v) is 8.73. The van der Waals surface area contributed by atoms with Crippen LogP contribution in [0.15, 0.2) is 41.3 Å². The first kappa shape index (κ1) is 19.5. The lowest BCUT2D eigenvalue weighted by Crippen LogP contribution is -2.40. The molecule has 1 saturated heterocycles. The van der Waals surface area contributed by atoms with Crippen molar-refractivity contribution in [3.05, 3.63) is 58.7 Å². The minimum Gasteiger partial charge on any atom is -0.379 e. The lowest BCUT2D eigenvalue weighted by atomic mass is 10.1. The van der Waals surface area contributed by atoms with Gasteiger partial charge in [0.25, 0.3) is 5.91 Å². The number of hydrogen-bond donors (Lipinski definition) is 1. The number of sulfonamides is 1. The Morgan fingerprint density at radius 1 is 1.00 bits per heavy atom. The summed E-state index contributed by atoms with van der Waals surface area (Å²) in [5.41, 5.74) is 3.65. The highest BCUT2D eigenvalue weighted by Crippen LogP contribution is 2.25. The number of nitrogens with zero attached hydrogens (tertiary/aromatic N) is 1. The van der Waals surface area contributed by atoms with Gasteiger partial charge in [0.2, 0.25) is 10.0 Å². The fraction of sp³-hybridized carbons (Fsp3) is 0.350. The highest BCUT2D eigenvalue weighted by Gasteiger charge is 2.28. The van der Waals surface area contributed by atoms with Crippen LogP contribution in [0, 0.1) is 20.8 Å². The molecule has 144 valence electrons. The summed E-state index contributed by atoms with van der Waals surface area (Å²) in [5, 5.41) is 2.81. The molecule has 2 aromatic carbocycles. The number of benzene rings is 2. The molecule has 1 aliphatic heterocycles. The maximum atomic E-state index is 13.0. The number of rotatable bonds is 4. The number of hydrogen-bond acceptors (Lipinski definition) is 4. The van der Waals surface area contributed by atoms with Gasteiger partial charge in [0.15, 0.2) is 0 Å². The van der Waals surface area contributed by atoms with Crippen LogP contribution in [-0.4, -0.2) is 44.9 Å². The molecule has 1 aliphatic rings. The number of carbonyl (C=O) groups is 1. The average Bonchev–Trinajstić information content (AvgIpc) is 2.63. The Morgan fingerprint density at radius 2 is 1.63 bits per heavy atom. The molecule has 0 spiro atoms. The van der Waals surface area contributed by atoms with Gasteiger partial charge in [0.05, 0.1) is 18.1 Å². The minimum atomic E-state index is -3.63. The maximum Gasteiger partial charge on any atom is 0.255 e. The third kappa shape index (κ3) is 4.37. The van der Waals surface area contributed by atoms with E-state index in [4.69, 9.17) is 4.74 Å². The Bertz CT molecular complexity index is 944. The smallest absolute Gasteiger partial charge is 0.255 e. The van der Waals surface area contributed by atoms with Crippen molar-refractivity contribution in [1.82, 2.24) is 4.31 Å². The van der Waals surface area contributed by atoms with Crippen LogP contribution in [0.3, 0.4) is 0 Å². The van der Waals surface area contributed by atoms with Crippen molar-refractivity contribution in [2.24, 2.45) is 0 Å². The summed E-state index contributed by atoms with van der Waals surface area (Å²) in [6.45, 7) is 7.07. The molecule has 0 atom stereocenters. The van der Waals surface area contributed by atoms with Crippen LogP contribution in [0.4, 0.5) is 5.69 Å². The van der Waals surface area contributed by atoms with Crippen LogP contribution in [-0.2, 0) is 14.8 Å². The Labute approximate surface area is 160 Å². The Hall–Kier alpha value is -2.22. The largest absolute Gasteiger partial charge is 0.379 e. The van der Waals surface area contributed by atoms with Crippen molar-refractivity contribution in [3.8, 4) is 0 Å². The van der Waals surface area contributed by atoms with E-state index in [-0.39, 0.29) is 10.8 Å². The monoisotopic (exact) mass is 388 g/mol. The number of morpholine rings is 1. The summed E-state index contributed by atoms with van der Waals surface area (Å²) in [6, 6.07) is 10.6. The second kappa shape index (κ2) is 7.80. The van der Waals surface area contributed by atoms with Crippen LogP contribution in [0.2, 0.25) is 0 Å². The normalized spacial score (nSPS) is 15.5. The first-order valence-corrected chi connectivity index (χ1v) is 10.3. The number of amides is 1. The molecule has 0 bridgehead atoms. The van der Waals surface area contributed by atoms with Crippen LogP contribution in [0.5, 0.6) is 0 Å². The van der Waals surface area contributed by atoms with Crippen LogP contribution >= 0.6 is 0 Å². The third-order valence-electron chi connectivity index (χ3n) is 4.52. The molecule has 1 N–H and O–H groups in total. The van der Waals surface area contributed by atoms with E-state index in [9.17, 15) is 13.2 Å². The molecule has 0 unspecified atom stereocenters. The van der Waals surface area contributed by atoms with Gasteiger partial charge >= 0.3 is 0 Å². The number of aryl methyl sites for hydroxylation is 3. The zero-order valence-corrected chi connectivity index (χ0v) is 16.6. The molecule has 0 saturated carbocycles. The van der Waals surface area contributed by atoms with Crippen molar-refractivity contribution in [1.29, 1.82) is 0 Å². The first-order valence-electron chi connectivity index (χ1n) is 8.85. The SMILES string of the molecule is Cc1cc(C)cc(C(=O)Nc2ccc(C)c(S(=O)(=O)N3CCOCC3)c2)c1. The van der Waals surface area contributed by atoms with E-state index in [2.05, 4.69) is 5.32 Å². The molecule has 6 nitrogen and oxygen atoms in total. The number of ether oxygens (including phenoxy) is 1. The lowest BCUT2D eigenvalue weighted by molar-refractivity contribution is 0.0730. The molecule has 0 aromatic heterocycles. The lowest BCUT2D eigenvalue weighted by Gasteiger charge is -2.26. The predicted octanol–water partition coefficient (Wildman–Crippen LogP) is 2.89.